The molecule has 7 nitrogen and oxygen atoms in total. The van der Waals surface area contributed by atoms with Crippen LogP contribution in [0, 0.1) is 0 Å². The van der Waals surface area contributed by atoms with Gasteiger partial charge in [0.2, 0.25) is 0 Å². The highest BCUT2D eigenvalue weighted by Gasteiger charge is 2.25. The van der Waals surface area contributed by atoms with Gasteiger partial charge >= 0.3 is 5.69 Å². The average molecular weight is 467 g/mol. The summed E-state index contributed by atoms with van der Waals surface area (Å²) in [4.78, 5) is 25.2. The van der Waals surface area contributed by atoms with Crippen LogP contribution in [0.4, 0.5) is 0 Å². The second-order valence-corrected chi connectivity index (χ2v) is 8.73. The minimum Gasteiger partial charge on any atom is -0.301 e. The lowest BCUT2D eigenvalue weighted by Crippen LogP contribution is -2.33. The molecular formula is C25H31ClN6O. The quantitative estimate of drug-likeness (QED) is 0.417. The summed E-state index contributed by atoms with van der Waals surface area (Å²) in [6, 6.07) is 13.4. The molecule has 1 aromatic carbocycles. The summed E-state index contributed by atoms with van der Waals surface area (Å²) < 4.78 is 3.21. The number of rotatable bonds is 10. The number of unbranched alkanes of at least 4 members (excludes halogenated alkanes) is 2. The van der Waals surface area contributed by atoms with E-state index in [1.54, 1.807) is 15.3 Å². The number of pyridine rings is 1. The van der Waals surface area contributed by atoms with Crippen LogP contribution in [-0.4, -0.2) is 49.6 Å². The van der Waals surface area contributed by atoms with E-state index in [9.17, 15) is 4.79 Å². The predicted octanol–water partition coefficient (Wildman–Crippen LogP) is 4.34. The lowest BCUT2D eigenvalue weighted by molar-refractivity contribution is 0.249. The Morgan fingerprint density at radius 2 is 1.73 bits per heavy atom. The van der Waals surface area contributed by atoms with Crippen molar-refractivity contribution in [3.8, 4) is 5.69 Å². The number of benzene rings is 1. The molecule has 4 rings (SSSR count). The molecule has 0 saturated heterocycles. The summed E-state index contributed by atoms with van der Waals surface area (Å²) in [5, 5.41) is 5.03. The Kier molecular flexibility index (Phi) is 7.73. The maximum atomic E-state index is 13.4. The number of nitrogens with zero attached hydrogens (tertiary/aromatic N) is 6. The van der Waals surface area contributed by atoms with Crippen molar-refractivity contribution in [2.45, 2.75) is 52.6 Å². The van der Waals surface area contributed by atoms with Crippen LogP contribution in [-0.2, 0) is 13.1 Å². The van der Waals surface area contributed by atoms with Gasteiger partial charge in [0.05, 0.1) is 17.9 Å². The van der Waals surface area contributed by atoms with E-state index in [0.29, 0.717) is 35.4 Å². The van der Waals surface area contributed by atoms with Crippen molar-refractivity contribution >= 4 is 17.3 Å². The molecule has 0 radical (unpaired) electrons. The molecule has 0 saturated carbocycles. The maximum absolute atomic E-state index is 13.4. The molecule has 1 aliphatic rings. The van der Waals surface area contributed by atoms with Gasteiger partial charge in [0.15, 0.2) is 5.82 Å². The Labute approximate surface area is 199 Å². The van der Waals surface area contributed by atoms with E-state index in [1.807, 2.05) is 36.4 Å². The van der Waals surface area contributed by atoms with Crippen molar-refractivity contribution in [1.29, 1.82) is 0 Å². The monoisotopic (exact) mass is 466 g/mol. The third-order valence-electron chi connectivity index (χ3n) is 5.92. The highest BCUT2D eigenvalue weighted by molar-refractivity contribution is 6.29. The fraction of sp³-hybridized carbons (Fsp3) is 0.440. The van der Waals surface area contributed by atoms with Crippen LogP contribution in [0.15, 0.2) is 52.3 Å². The van der Waals surface area contributed by atoms with Crippen molar-refractivity contribution in [2.24, 2.45) is 4.99 Å². The van der Waals surface area contributed by atoms with E-state index in [0.717, 1.165) is 56.6 Å². The van der Waals surface area contributed by atoms with Crippen molar-refractivity contribution in [2.75, 3.05) is 19.6 Å². The van der Waals surface area contributed by atoms with Crippen molar-refractivity contribution in [3.63, 3.8) is 0 Å². The molecule has 0 fully saturated rings. The van der Waals surface area contributed by atoms with Crippen LogP contribution < -0.4 is 5.69 Å². The van der Waals surface area contributed by atoms with Crippen molar-refractivity contribution in [1.82, 2.24) is 24.2 Å². The normalized spacial score (nSPS) is 12.9. The molecule has 0 bridgehead atoms. The van der Waals surface area contributed by atoms with Crippen LogP contribution in [0.1, 0.15) is 56.6 Å². The van der Waals surface area contributed by atoms with E-state index in [-0.39, 0.29) is 5.69 Å². The van der Waals surface area contributed by atoms with E-state index in [2.05, 4.69) is 28.8 Å². The van der Waals surface area contributed by atoms with Crippen molar-refractivity contribution < 1.29 is 0 Å². The Bertz CT molecular complexity index is 1160. The average Bonchev–Trinajstić information content (AvgIpc) is 3.05. The molecule has 0 N–H and O–H groups in total. The van der Waals surface area contributed by atoms with E-state index < -0.39 is 0 Å². The van der Waals surface area contributed by atoms with Gasteiger partial charge in [-0.1, -0.05) is 68.6 Å². The molecule has 1 aliphatic heterocycles. The van der Waals surface area contributed by atoms with Gasteiger partial charge in [-0.05, 0) is 38.1 Å². The van der Waals surface area contributed by atoms with Crippen LogP contribution in [0.3, 0.4) is 0 Å². The second-order valence-electron chi connectivity index (χ2n) is 8.34. The second kappa shape index (κ2) is 10.9. The molecule has 0 unspecified atom stereocenters. The van der Waals surface area contributed by atoms with Crippen LogP contribution in [0.5, 0.6) is 0 Å². The first-order chi connectivity index (χ1) is 16.1. The van der Waals surface area contributed by atoms with Gasteiger partial charge < -0.3 is 4.90 Å². The van der Waals surface area contributed by atoms with Gasteiger partial charge in [0.25, 0.3) is 0 Å². The fourth-order valence-corrected chi connectivity index (χ4v) is 4.26. The predicted molar refractivity (Wildman–Crippen MR) is 133 cm³/mol. The summed E-state index contributed by atoms with van der Waals surface area (Å²) in [6.45, 7) is 8.17. The fourth-order valence-electron chi connectivity index (χ4n) is 4.11. The van der Waals surface area contributed by atoms with Crippen LogP contribution >= 0.6 is 11.6 Å². The van der Waals surface area contributed by atoms with Gasteiger partial charge in [-0.2, -0.15) is 5.10 Å². The van der Waals surface area contributed by atoms with Gasteiger partial charge in [-0.25, -0.2) is 19.0 Å². The van der Waals surface area contributed by atoms with Crippen LogP contribution in [0.25, 0.3) is 5.69 Å². The molecule has 3 aromatic rings. The number of aromatic nitrogens is 4. The Balaban J connectivity index is 1.66. The third-order valence-corrected chi connectivity index (χ3v) is 6.13. The molecule has 0 atom stereocenters. The lowest BCUT2D eigenvalue weighted by atomic mass is 10.1. The number of hydrogen-bond acceptors (Lipinski definition) is 5. The molecule has 0 spiro atoms. The minimum absolute atomic E-state index is 0.161. The Morgan fingerprint density at radius 1 is 1.00 bits per heavy atom. The first-order valence-electron chi connectivity index (χ1n) is 11.8. The number of aliphatic imine (C=N–C) groups is 1. The van der Waals surface area contributed by atoms with E-state index in [4.69, 9.17) is 16.6 Å². The number of halogens is 1. The Morgan fingerprint density at radius 3 is 2.42 bits per heavy atom. The van der Waals surface area contributed by atoms with E-state index >= 15 is 0 Å². The standard InChI is InChI=1S/C25H31ClN6O/c1-3-5-14-30(15-6-4-2)16-17-31-25(33)32-20-12-13-21(26)28-24(20)23(27-18-22(32)29-31)19-10-8-7-9-11-19/h7-13H,3-6,14-18H2,1-2H3. The molecule has 0 aliphatic carbocycles. The summed E-state index contributed by atoms with van der Waals surface area (Å²) in [5.74, 6) is 0.616. The maximum Gasteiger partial charge on any atom is 0.350 e. The minimum atomic E-state index is -0.161. The topological polar surface area (TPSA) is 68.3 Å². The van der Waals surface area contributed by atoms with E-state index in [1.165, 1.54) is 0 Å². The third kappa shape index (κ3) is 5.25. The Hall–Kier alpha value is -2.77. The zero-order valence-corrected chi connectivity index (χ0v) is 20.1. The SMILES string of the molecule is CCCCN(CCCC)CCn1nc2n(c1=O)-c1ccc(Cl)nc1C(c1ccccc1)=NC2. The van der Waals surface area contributed by atoms with Gasteiger partial charge in [0, 0.05) is 12.1 Å². The molecule has 33 heavy (non-hydrogen) atoms. The summed E-state index contributed by atoms with van der Waals surface area (Å²) in [6.07, 6.45) is 4.65. The highest BCUT2D eigenvalue weighted by Crippen LogP contribution is 2.23. The molecule has 8 heteroatoms. The zero-order chi connectivity index (χ0) is 23.2. The first-order valence-corrected chi connectivity index (χ1v) is 12.2. The van der Waals surface area contributed by atoms with Crippen molar-refractivity contribution in [3.05, 3.63) is 75.2 Å². The smallest absolute Gasteiger partial charge is 0.301 e. The summed E-state index contributed by atoms with van der Waals surface area (Å²) in [7, 11) is 0. The largest absolute Gasteiger partial charge is 0.350 e. The van der Waals surface area contributed by atoms with Crippen LogP contribution in [0.2, 0.25) is 5.15 Å². The molecule has 0 amide bonds. The molecule has 3 heterocycles. The number of hydrogen-bond donors (Lipinski definition) is 0. The zero-order valence-electron chi connectivity index (χ0n) is 19.4. The molecule has 174 valence electrons. The summed E-state index contributed by atoms with van der Waals surface area (Å²) >= 11 is 6.24. The summed E-state index contributed by atoms with van der Waals surface area (Å²) in [5.41, 5.74) is 2.75. The molecule has 2 aromatic heterocycles. The van der Waals surface area contributed by atoms with Gasteiger partial charge in [0.1, 0.15) is 17.4 Å². The highest BCUT2D eigenvalue weighted by atomic mass is 35.5. The van der Waals surface area contributed by atoms with Gasteiger partial charge in [-0.3, -0.25) is 4.99 Å². The first kappa shape index (κ1) is 23.4. The molecular weight excluding hydrogens is 436 g/mol. The number of fused-ring (bicyclic) bond motifs is 3. The lowest BCUT2D eigenvalue weighted by Gasteiger charge is -2.21. The van der Waals surface area contributed by atoms with Gasteiger partial charge in [-0.15, -0.1) is 0 Å².